The molecule has 7 nitrogen and oxygen atoms in total. The smallest absolute Gasteiger partial charge is 0.357 e. The number of aromatic nitrogens is 3. The molecule has 0 N–H and O–H groups in total. The Labute approximate surface area is 178 Å². The number of aldehydes is 1. The standard InChI is InChI=1S/C19H17Cl2N3O4S/c1-12(2)18-19(29(26,27)28-16-8-14(20)7-15(21)9-16)24(17(11-25)23-18)10-13-3-5-22-6-4-13/h3-9,11-12H,10H2,1-2H3. The molecule has 29 heavy (non-hydrogen) atoms. The van der Waals surface area contributed by atoms with Crippen molar-refractivity contribution in [1.82, 2.24) is 14.5 Å². The molecule has 3 aromatic rings. The van der Waals surface area contributed by atoms with Gasteiger partial charge >= 0.3 is 10.1 Å². The Kier molecular flexibility index (Phi) is 6.26. The summed E-state index contributed by atoms with van der Waals surface area (Å²) >= 11 is 11.9. The number of benzene rings is 1. The number of nitrogens with zero attached hydrogens (tertiary/aromatic N) is 3. The van der Waals surface area contributed by atoms with Crippen LogP contribution in [0, 0.1) is 0 Å². The minimum absolute atomic E-state index is 0.0168. The fourth-order valence-corrected chi connectivity index (χ4v) is 4.67. The van der Waals surface area contributed by atoms with Crippen LogP contribution in [0.1, 0.15) is 41.6 Å². The van der Waals surface area contributed by atoms with Crippen LogP contribution >= 0.6 is 23.2 Å². The van der Waals surface area contributed by atoms with E-state index in [1.807, 2.05) is 0 Å². The predicted octanol–water partition coefficient (Wildman–Crippen LogP) is 4.34. The number of hydrogen-bond donors (Lipinski definition) is 0. The fourth-order valence-electron chi connectivity index (χ4n) is 2.77. The van der Waals surface area contributed by atoms with Gasteiger partial charge in [0.2, 0.25) is 0 Å². The highest BCUT2D eigenvalue weighted by atomic mass is 35.5. The van der Waals surface area contributed by atoms with Crippen molar-refractivity contribution in [3.8, 4) is 5.75 Å². The number of imidazole rings is 1. The zero-order valence-corrected chi connectivity index (χ0v) is 17.9. The SMILES string of the molecule is CC(C)c1nc(C=O)n(Cc2ccncc2)c1S(=O)(=O)Oc1cc(Cl)cc(Cl)c1. The summed E-state index contributed by atoms with van der Waals surface area (Å²) in [4.78, 5) is 19.8. The normalized spacial score (nSPS) is 11.6. The van der Waals surface area contributed by atoms with Crippen molar-refractivity contribution < 1.29 is 17.4 Å². The zero-order valence-electron chi connectivity index (χ0n) is 15.5. The summed E-state index contributed by atoms with van der Waals surface area (Å²) in [5.74, 6) is -0.331. The first-order chi connectivity index (χ1) is 13.7. The molecule has 0 radical (unpaired) electrons. The van der Waals surface area contributed by atoms with Gasteiger partial charge in [-0.1, -0.05) is 37.0 Å². The second-order valence-electron chi connectivity index (χ2n) is 6.52. The van der Waals surface area contributed by atoms with Crippen LogP contribution in [0.5, 0.6) is 5.75 Å². The molecule has 0 unspecified atom stereocenters. The third-order valence-electron chi connectivity index (χ3n) is 4.00. The van der Waals surface area contributed by atoms with Crippen molar-refractivity contribution in [3.63, 3.8) is 0 Å². The lowest BCUT2D eigenvalue weighted by molar-refractivity contribution is 0.111. The molecule has 152 valence electrons. The third kappa shape index (κ3) is 4.77. The summed E-state index contributed by atoms with van der Waals surface area (Å²) in [6.45, 7) is 3.66. The summed E-state index contributed by atoms with van der Waals surface area (Å²) in [6, 6.07) is 7.57. The molecule has 0 fully saturated rings. The molecule has 0 bridgehead atoms. The molecule has 0 aliphatic heterocycles. The van der Waals surface area contributed by atoms with Gasteiger partial charge in [0.05, 0.1) is 12.2 Å². The lowest BCUT2D eigenvalue weighted by Crippen LogP contribution is -2.19. The molecule has 3 rings (SSSR count). The van der Waals surface area contributed by atoms with Gasteiger partial charge in [0.15, 0.2) is 17.1 Å². The number of rotatable bonds is 7. The maximum Gasteiger partial charge on any atom is 0.357 e. The Morgan fingerprint density at radius 3 is 2.31 bits per heavy atom. The molecule has 0 aliphatic carbocycles. The minimum atomic E-state index is -4.35. The van der Waals surface area contributed by atoms with Crippen LogP contribution in [-0.4, -0.2) is 29.2 Å². The number of halogens is 2. The highest BCUT2D eigenvalue weighted by molar-refractivity contribution is 7.87. The van der Waals surface area contributed by atoms with E-state index in [0.717, 1.165) is 5.56 Å². The van der Waals surface area contributed by atoms with Gasteiger partial charge in [-0.05, 0) is 29.7 Å². The number of hydrogen-bond acceptors (Lipinski definition) is 6. The van der Waals surface area contributed by atoms with E-state index < -0.39 is 10.1 Å². The Morgan fingerprint density at radius 1 is 1.14 bits per heavy atom. The van der Waals surface area contributed by atoms with E-state index in [1.165, 1.54) is 22.8 Å². The molecule has 0 amide bonds. The van der Waals surface area contributed by atoms with Crippen LogP contribution in [0.25, 0.3) is 0 Å². The van der Waals surface area contributed by atoms with Crippen LogP contribution in [0.3, 0.4) is 0 Å². The fraction of sp³-hybridized carbons (Fsp3) is 0.211. The molecule has 0 spiro atoms. The largest absolute Gasteiger partial charge is 0.378 e. The lowest BCUT2D eigenvalue weighted by Gasteiger charge is -2.14. The molecule has 0 aliphatic rings. The van der Waals surface area contributed by atoms with Crippen molar-refractivity contribution >= 4 is 39.6 Å². The molecule has 0 saturated heterocycles. The zero-order chi connectivity index (χ0) is 21.2. The number of carbonyl (C=O) groups excluding carboxylic acids is 1. The van der Waals surface area contributed by atoms with E-state index >= 15 is 0 Å². The van der Waals surface area contributed by atoms with Crippen molar-refractivity contribution in [3.05, 3.63) is 69.9 Å². The van der Waals surface area contributed by atoms with E-state index in [4.69, 9.17) is 27.4 Å². The summed E-state index contributed by atoms with van der Waals surface area (Å²) in [5, 5.41) is 0.263. The summed E-state index contributed by atoms with van der Waals surface area (Å²) in [7, 11) is -4.35. The first kappa shape index (κ1) is 21.3. The van der Waals surface area contributed by atoms with Gasteiger partial charge in [-0.25, -0.2) is 4.98 Å². The van der Waals surface area contributed by atoms with E-state index in [1.54, 1.807) is 38.4 Å². The van der Waals surface area contributed by atoms with Crippen LogP contribution in [0.4, 0.5) is 0 Å². The van der Waals surface area contributed by atoms with E-state index in [-0.39, 0.29) is 44.8 Å². The van der Waals surface area contributed by atoms with Gasteiger partial charge in [-0.3, -0.25) is 9.78 Å². The van der Waals surface area contributed by atoms with E-state index in [2.05, 4.69) is 9.97 Å². The Morgan fingerprint density at radius 2 is 1.76 bits per heavy atom. The molecule has 1 aromatic carbocycles. The van der Waals surface area contributed by atoms with Gasteiger partial charge in [0.25, 0.3) is 0 Å². The lowest BCUT2D eigenvalue weighted by atomic mass is 10.1. The van der Waals surface area contributed by atoms with Crippen LogP contribution in [-0.2, 0) is 16.7 Å². The predicted molar refractivity (Wildman–Crippen MR) is 109 cm³/mol. The minimum Gasteiger partial charge on any atom is -0.378 e. The molecular weight excluding hydrogens is 437 g/mol. The van der Waals surface area contributed by atoms with Gasteiger partial charge in [0, 0.05) is 34.6 Å². The van der Waals surface area contributed by atoms with Crippen LogP contribution in [0.2, 0.25) is 10.0 Å². The average Bonchev–Trinajstić information content (AvgIpc) is 3.01. The first-order valence-corrected chi connectivity index (χ1v) is 10.7. The van der Waals surface area contributed by atoms with Crippen molar-refractivity contribution in [2.24, 2.45) is 0 Å². The van der Waals surface area contributed by atoms with Crippen molar-refractivity contribution in [2.45, 2.75) is 31.3 Å². The van der Waals surface area contributed by atoms with Crippen molar-refractivity contribution in [2.75, 3.05) is 0 Å². The second-order valence-corrected chi connectivity index (χ2v) is 8.85. The van der Waals surface area contributed by atoms with Gasteiger partial charge < -0.3 is 8.75 Å². The van der Waals surface area contributed by atoms with E-state index in [0.29, 0.717) is 6.29 Å². The number of carbonyl (C=O) groups is 1. The van der Waals surface area contributed by atoms with Gasteiger partial charge in [0.1, 0.15) is 5.75 Å². The molecule has 2 aromatic heterocycles. The maximum absolute atomic E-state index is 13.2. The summed E-state index contributed by atoms with van der Waals surface area (Å²) in [5.41, 5.74) is 0.979. The summed E-state index contributed by atoms with van der Waals surface area (Å²) in [6.07, 6.45) is 3.67. The molecule has 0 saturated carbocycles. The highest BCUT2D eigenvalue weighted by Crippen LogP contribution is 2.30. The van der Waals surface area contributed by atoms with Gasteiger partial charge in [-0.2, -0.15) is 8.42 Å². The highest BCUT2D eigenvalue weighted by Gasteiger charge is 2.31. The monoisotopic (exact) mass is 453 g/mol. The van der Waals surface area contributed by atoms with E-state index in [9.17, 15) is 13.2 Å². The molecule has 10 heteroatoms. The quantitative estimate of drug-likeness (QED) is 0.390. The topological polar surface area (TPSA) is 91.1 Å². The summed E-state index contributed by atoms with van der Waals surface area (Å²) < 4.78 is 33.0. The number of pyridine rings is 1. The average molecular weight is 454 g/mol. The van der Waals surface area contributed by atoms with Gasteiger partial charge in [-0.15, -0.1) is 0 Å². The van der Waals surface area contributed by atoms with Crippen LogP contribution < -0.4 is 4.18 Å². The molecule has 2 heterocycles. The first-order valence-electron chi connectivity index (χ1n) is 8.56. The van der Waals surface area contributed by atoms with Crippen LogP contribution in [0.15, 0.2) is 47.8 Å². The Bertz CT molecular complexity index is 1130. The maximum atomic E-state index is 13.2. The third-order valence-corrected chi connectivity index (χ3v) is 5.75. The molecule has 0 atom stereocenters. The second kappa shape index (κ2) is 8.52. The molecular formula is C19H17Cl2N3O4S. The Balaban J connectivity index is 2.14. The Hall–Kier alpha value is -2.42. The van der Waals surface area contributed by atoms with Crippen molar-refractivity contribution in [1.29, 1.82) is 0 Å².